The van der Waals surface area contributed by atoms with Crippen molar-refractivity contribution < 1.29 is 17.9 Å². The molecule has 0 radical (unpaired) electrons. The molecule has 7 nitrogen and oxygen atoms in total. The number of anilines is 2. The van der Waals surface area contributed by atoms with Gasteiger partial charge in [-0.05, 0) is 13.8 Å². The van der Waals surface area contributed by atoms with Gasteiger partial charge in [-0.3, -0.25) is 4.79 Å². The molecule has 1 heterocycles. The zero-order valence-corrected chi connectivity index (χ0v) is 14.2. The molecule has 0 fully saturated rings. The Kier molecular flexibility index (Phi) is 5.85. The smallest absolute Gasteiger partial charge is 0.263 e. The van der Waals surface area contributed by atoms with E-state index in [4.69, 9.17) is 10.5 Å². The molecule has 1 rings (SSSR count). The first-order chi connectivity index (χ1) is 9.65. The van der Waals surface area contributed by atoms with Crippen molar-refractivity contribution in [1.29, 1.82) is 0 Å². The zero-order valence-electron chi connectivity index (χ0n) is 12.5. The highest BCUT2D eigenvalue weighted by Gasteiger charge is 2.22. The molecule has 0 aromatic carbocycles. The van der Waals surface area contributed by atoms with Crippen LogP contribution in [0.2, 0.25) is 0 Å². The summed E-state index contributed by atoms with van der Waals surface area (Å²) < 4.78 is 27.9. The molecular formula is C12H21N3O4S2. The first-order valence-electron chi connectivity index (χ1n) is 6.38. The summed E-state index contributed by atoms with van der Waals surface area (Å²) in [6, 6.07) is 0. The normalized spacial score (nSPS) is 11.5. The van der Waals surface area contributed by atoms with Crippen molar-refractivity contribution in [2.24, 2.45) is 0 Å². The fourth-order valence-electron chi connectivity index (χ4n) is 1.53. The molecule has 21 heavy (non-hydrogen) atoms. The third kappa shape index (κ3) is 5.09. The lowest BCUT2D eigenvalue weighted by Gasteiger charge is -2.12. The molecule has 0 saturated carbocycles. The van der Waals surface area contributed by atoms with Gasteiger partial charge >= 0.3 is 0 Å². The second-order valence-electron chi connectivity index (χ2n) is 4.81. The number of sulfone groups is 1. The monoisotopic (exact) mass is 335 g/mol. The van der Waals surface area contributed by atoms with Crippen LogP contribution < -0.4 is 21.1 Å². The van der Waals surface area contributed by atoms with Crippen LogP contribution in [0.5, 0.6) is 5.75 Å². The molecule has 1 amide bonds. The highest BCUT2D eigenvalue weighted by atomic mass is 32.2. The SMILES string of the molecule is CNC(=O)c1sc(NCCS(C)(=O)=O)c(OC(C)C)c1N. The summed E-state index contributed by atoms with van der Waals surface area (Å²) in [7, 11) is -1.55. The summed E-state index contributed by atoms with van der Waals surface area (Å²) in [5.74, 6) is 0.0747. The minimum absolute atomic E-state index is 0.0127. The lowest BCUT2D eigenvalue weighted by Crippen LogP contribution is -2.17. The molecule has 0 saturated heterocycles. The van der Waals surface area contributed by atoms with Crippen LogP contribution in [0.1, 0.15) is 23.5 Å². The van der Waals surface area contributed by atoms with E-state index in [9.17, 15) is 13.2 Å². The maximum Gasteiger partial charge on any atom is 0.263 e. The average molecular weight is 335 g/mol. The third-order valence-electron chi connectivity index (χ3n) is 2.44. The van der Waals surface area contributed by atoms with Crippen molar-refractivity contribution in [3.63, 3.8) is 0 Å². The van der Waals surface area contributed by atoms with E-state index in [2.05, 4.69) is 10.6 Å². The number of nitrogen functional groups attached to an aromatic ring is 1. The number of nitrogens with two attached hydrogens (primary N) is 1. The number of amides is 1. The molecule has 0 aliphatic carbocycles. The Labute approximate surface area is 128 Å². The number of nitrogens with one attached hydrogen (secondary N) is 2. The van der Waals surface area contributed by atoms with E-state index in [1.807, 2.05) is 13.8 Å². The van der Waals surface area contributed by atoms with Crippen molar-refractivity contribution in [1.82, 2.24) is 5.32 Å². The Morgan fingerprint density at radius 3 is 2.52 bits per heavy atom. The van der Waals surface area contributed by atoms with Crippen molar-refractivity contribution in [3.8, 4) is 5.75 Å². The van der Waals surface area contributed by atoms with Gasteiger partial charge in [0, 0.05) is 19.8 Å². The first-order valence-corrected chi connectivity index (χ1v) is 9.26. The quantitative estimate of drug-likeness (QED) is 0.684. The van der Waals surface area contributed by atoms with Crippen molar-refractivity contribution in [3.05, 3.63) is 4.88 Å². The first kappa shape index (κ1) is 17.6. The van der Waals surface area contributed by atoms with Crippen LogP contribution in [0, 0.1) is 0 Å². The number of thiophene rings is 1. The van der Waals surface area contributed by atoms with Crippen LogP contribution in [0.4, 0.5) is 10.7 Å². The van der Waals surface area contributed by atoms with Gasteiger partial charge in [-0.2, -0.15) is 0 Å². The third-order valence-corrected chi connectivity index (χ3v) is 4.53. The van der Waals surface area contributed by atoms with E-state index in [0.29, 0.717) is 15.6 Å². The molecule has 0 unspecified atom stereocenters. The minimum atomic E-state index is -3.06. The Balaban J connectivity index is 3.02. The molecular weight excluding hydrogens is 314 g/mol. The summed E-state index contributed by atoms with van der Waals surface area (Å²) in [5, 5.41) is 6.04. The van der Waals surface area contributed by atoms with E-state index in [-0.39, 0.29) is 30.0 Å². The van der Waals surface area contributed by atoms with Gasteiger partial charge in [0.1, 0.15) is 25.4 Å². The average Bonchev–Trinajstić information content (AvgIpc) is 2.65. The van der Waals surface area contributed by atoms with Crippen LogP contribution in [-0.2, 0) is 9.84 Å². The topological polar surface area (TPSA) is 111 Å². The second-order valence-corrected chi connectivity index (χ2v) is 8.09. The number of carbonyl (C=O) groups is 1. The fraction of sp³-hybridized carbons (Fsp3) is 0.583. The molecule has 1 aromatic rings. The van der Waals surface area contributed by atoms with Gasteiger partial charge in [-0.1, -0.05) is 0 Å². The Bertz CT molecular complexity index is 608. The predicted molar refractivity (Wildman–Crippen MR) is 86.1 cm³/mol. The zero-order chi connectivity index (χ0) is 16.2. The number of hydrogen-bond donors (Lipinski definition) is 3. The largest absolute Gasteiger partial charge is 0.486 e. The van der Waals surface area contributed by atoms with Gasteiger partial charge < -0.3 is 21.1 Å². The molecule has 1 aromatic heterocycles. The van der Waals surface area contributed by atoms with Crippen molar-refractivity contribution >= 4 is 37.8 Å². The molecule has 9 heteroatoms. The molecule has 0 atom stereocenters. The number of carbonyl (C=O) groups excluding carboxylic acids is 1. The van der Waals surface area contributed by atoms with Gasteiger partial charge in [0.15, 0.2) is 5.75 Å². The second kappa shape index (κ2) is 6.99. The number of ether oxygens (including phenoxy) is 1. The van der Waals surface area contributed by atoms with E-state index in [1.54, 1.807) is 0 Å². The summed E-state index contributed by atoms with van der Waals surface area (Å²) in [4.78, 5) is 12.1. The summed E-state index contributed by atoms with van der Waals surface area (Å²) in [6.07, 6.45) is 1.05. The van der Waals surface area contributed by atoms with E-state index >= 15 is 0 Å². The van der Waals surface area contributed by atoms with Gasteiger partial charge in [-0.25, -0.2) is 8.42 Å². The van der Waals surface area contributed by atoms with Gasteiger partial charge in [-0.15, -0.1) is 11.3 Å². The molecule has 0 bridgehead atoms. The minimum Gasteiger partial charge on any atom is -0.486 e. The highest BCUT2D eigenvalue weighted by Crippen LogP contribution is 2.43. The molecule has 0 aliphatic rings. The van der Waals surface area contributed by atoms with E-state index < -0.39 is 9.84 Å². The van der Waals surface area contributed by atoms with E-state index in [0.717, 1.165) is 11.3 Å². The van der Waals surface area contributed by atoms with E-state index in [1.165, 1.54) is 13.3 Å². The predicted octanol–water partition coefficient (Wildman–Crippen LogP) is 0.934. The lowest BCUT2D eigenvalue weighted by atomic mass is 10.3. The Morgan fingerprint density at radius 2 is 2.05 bits per heavy atom. The van der Waals surface area contributed by atoms with Crippen molar-refractivity contribution in [2.75, 3.05) is 36.7 Å². The standard InChI is InChI=1S/C12H21N3O4S2/c1-7(2)19-9-8(13)10(11(16)14-3)20-12(9)15-5-6-21(4,17)18/h7,15H,5-6,13H2,1-4H3,(H,14,16). The molecule has 120 valence electrons. The molecule has 4 N–H and O–H groups in total. The van der Waals surface area contributed by atoms with Crippen LogP contribution in [0.15, 0.2) is 0 Å². The van der Waals surface area contributed by atoms with Crippen LogP contribution in [-0.4, -0.2) is 46.0 Å². The van der Waals surface area contributed by atoms with Crippen molar-refractivity contribution in [2.45, 2.75) is 20.0 Å². The summed E-state index contributed by atoms with van der Waals surface area (Å²) >= 11 is 1.14. The highest BCUT2D eigenvalue weighted by molar-refractivity contribution is 7.90. The summed E-state index contributed by atoms with van der Waals surface area (Å²) in [6.45, 7) is 3.91. The van der Waals surface area contributed by atoms with Gasteiger partial charge in [0.25, 0.3) is 5.91 Å². The maximum absolute atomic E-state index is 11.8. The maximum atomic E-state index is 11.8. The fourth-order valence-corrected chi connectivity index (χ4v) is 3.03. The number of hydrogen-bond acceptors (Lipinski definition) is 7. The molecule has 0 aliphatic heterocycles. The Morgan fingerprint density at radius 1 is 1.43 bits per heavy atom. The van der Waals surface area contributed by atoms with Crippen LogP contribution in [0.3, 0.4) is 0 Å². The van der Waals surface area contributed by atoms with Crippen LogP contribution in [0.25, 0.3) is 0 Å². The lowest BCUT2D eigenvalue weighted by molar-refractivity contribution is 0.0967. The van der Waals surface area contributed by atoms with Crippen LogP contribution >= 0.6 is 11.3 Å². The number of rotatable bonds is 7. The molecule has 0 spiro atoms. The summed E-state index contributed by atoms with van der Waals surface area (Å²) in [5.41, 5.74) is 6.21. The van der Waals surface area contributed by atoms with Gasteiger partial charge in [0.05, 0.1) is 11.9 Å². The van der Waals surface area contributed by atoms with Gasteiger partial charge in [0.2, 0.25) is 0 Å². The Hall–Kier alpha value is -1.48.